The van der Waals surface area contributed by atoms with E-state index in [2.05, 4.69) is 6.92 Å². The van der Waals surface area contributed by atoms with E-state index < -0.39 is 0 Å². The summed E-state index contributed by atoms with van der Waals surface area (Å²) in [5, 5.41) is 0. The number of carbonyl (C=O) groups is 1. The first kappa shape index (κ1) is 28.8. The Balaban J connectivity index is -0.00000220. The van der Waals surface area contributed by atoms with Crippen molar-refractivity contribution in [2.45, 2.75) is 90.4 Å². The van der Waals surface area contributed by atoms with Crippen LogP contribution in [0.4, 0.5) is 0 Å². The zero-order chi connectivity index (χ0) is 16.7. The quantitative estimate of drug-likeness (QED) is 0.345. The van der Waals surface area contributed by atoms with Crippen LogP contribution < -0.4 is 17.2 Å². The smallest absolute Gasteiger partial charge is 0.223 e. The molecule has 4 nitrogen and oxygen atoms in total. The van der Waals surface area contributed by atoms with Crippen LogP contribution in [0.1, 0.15) is 90.4 Å². The largest absolute Gasteiger partial charge is 0.369 e. The van der Waals surface area contributed by atoms with Crippen molar-refractivity contribution in [3.8, 4) is 0 Å². The van der Waals surface area contributed by atoms with Crippen molar-refractivity contribution in [1.29, 1.82) is 0 Å². The third-order valence-corrected chi connectivity index (χ3v) is 4.75. The van der Waals surface area contributed by atoms with Gasteiger partial charge in [-0.05, 0) is 45.2 Å². The summed E-state index contributed by atoms with van der Waals surface area (Å²) in [7, 11) is 0. The minimum Gasteiger partial charge on any atom is -0.369 e. The van der Waals surface area contributed by atoms with Gasteiger partial charge in [0.25, 0.3) is 0 Å². The molecule has 0 atom stereocenters. The van der Waals surface area contributed by atoms with Crippen molar-refractivity contribution in [1.82, 2.24) is 0 Å². The Bertz CT molecular complexity index is 271. The Labute approximate surface area is 161 Å². The van der Waals surface area contributed by atoms with Gasteiger partial charge in [0, 0.05) is 5.41 Å². The van der Waals surface area contributed by atoms with E-state index in [9.17, 15) is 4.79 Å². The first-order valence-electron chi connectivity index (χ1n) is 9.33. The van der Waals surface area contributed by atoms with E-state index in [1.54, 1.807) is 0 Å². The molecule has 0 aromatic rings. The highest BCUT2D eigenvalue weighted by atomic mass is 35.5. The third kappa shape index (κ3) is 13.3. The van der Waals surface area contributed by atoms with Crippen LogP contribution in [0.25, 0.3) is 0 Å². The molecule has 0 aromatic carbocycles. The fraction of sp³-hybridized carbons (Fsp3) is 0.944. The monoisotopic (exact) mass is 385 g/mol. The lowest BCUT2D eigenvalue weighted by atomic mass is 9.74. The van der Waals surface area contributed by atoms with Crippen LogP contribution in [0.5, 0.6) is 0 Å². The second kappa shape index (κ2) is 19.3. The Morgan fingerprint density at radius 2 is 1.08 bits per heavy atom. The van der Waals surface area contributed by atoms with Gasteiger partial charge in [-0.25, -0.2) is 0 Å². The lowest BCUT2D eigenvalue weighted by molar-refractivity contribution is -0.129. The lowest BCUT2D eigenvalue weighted by Crippen LogP contribution is -2.38. The maximum Gasteiger partial charge on any atom is 0.223 e. The fourth-order valence-electron chi connectivity index (χ4n) is 3.22. The first-order chi connectivity index (χ1) is 10.6. The minimum atomic E-state index is -0.374. The molecule has 0 rings (SSSR count). The molecule has 24 heavy (non-hydrogen) atoms. The molecule has 6 heteroatoms. The molecule has 0 aliphatic carbocycles. The number of hydrogen-bond acceptors (Lipinski definition) is 3. The Morgan fingerprint density at radius 1 is 0.708 bits per heavy atom. The van der Waals surface area contributed by atoms with Crippen LogP contribution >= 0.6 is 24.8 Å². The summed E-state index contributed by atoms with van der Waals surface area (Å²) in [4.78, 5) is 12.0. The van der Waals surface area contributed by atoms with Gasteiger partial charge in [-0.2, -0.15) is 0 Å². The highest BCUT2D eigenvalue weighted by molar-refractivity contribution is 5.85. The highest BCUT2D eigenvalue weighted by Crippen LogP contribution is 2.35. The number of amides is 1. The molecule has 0 aromatic heterocycles. The lowest BCUT2D eigenvalue weighted by Gasteiger charge is -2.31. The van der Waals surface area contributed by atoms with Gasteiger partial charge in [0.2, 0.25) is 5.91 Å². The van der Waals surface area contributed by atoms with Gasteiger partial charge in [0.05, 0.1) is 0 Å². The average Bonchev–Trinajstić information content (AvgIpc) is 2.51. The van der Waals surface area contributed by atoms with Crippen LogP contribution in [-0.4, -0.2) is 19.0 Å². The van der Waals surface area contributed by atoms with Crippen molar-refractivity contribution in [3.05, 3.63) is 0 Å². The molecule has 0 aliphatic rings. The minimum absolute atomic E-state index is 0. The molecule has 6 N–H and O–H groups in total. The van der Waals surface area contributed by atoms with Crippen molar-refractivity contribution < 1.29 is 4.79 Å². The molecule has 0 unspecified atom stereocenters. The molecule has 1 amide bonds. The van der Waals surface area contributed by atoms with Crippen molar-refractivity contribution >= 4 is 30.7 Å². The van der Waals surface area contributed by atoms with E-state index in [-0.39, 0.29) is 36.1 Å². The van der Waals surface area contributed by atoms with E-state index >= 15 is 0 Å². The van der Waals surface area contributed by atoms with Gasteiger partial charge in [0.1, 0.15) is 0 Å². The van der Waals surface area contributed by atoms with Gasteiger partial charge < -0.3 is 17.2 Å². The molecule has 0 aliphatic heterocycles. The molecule has 0 fully saturated rings. The molecular formula is C18H41Cl2N3O. The SMILES string of the molecule is CCCCCCCCCCC(CCCN)(CCCN)C(N)=O.Cl.Cl. The predicted molar refractivity (Wildman–Crippen MR) is 110 cm³/mol. The first-order valence-corrected chi connectivity index (χ1v) is 9.33. The van der Waals surface area contributed by atoms with Gasteiger partial charge in [-0.1, -0.05) is 58.3 Å². The number of unbranched alkanes of at least 4 members (excludes halogenated alkanes) is 7. The third-order valence-electron chi connectivity index (χ3n) is 4.75. The summed E-state index contributed by atoms with van der Waals surface area (Å²) < 4.78 is 0. The summed E-state index contributed by atoms with van der Waals surface area (Å²) >= 11 is 0. The number of rotatable bonds is 16. The van der Waals surface area contributed by atoms with Crippen LogP contribution in [-0.2, 0) is 4.79 Å². The van der Waals surface area contributed by atoms with E-state index in [0.717, 1.165) is 38.5 Å². The second-order valence-corrected chi connectivity index (χ2v) is 6.65. The average molecular weight is 386 g/mol. The Hall–Kier alpha value is -0.0300. The van der Waals surface area contributed by atoms with Crippen LogP contribution in [0.2, 0.25) is 0 Å². The molecule has 0 heterocycles. The number of hydrogen-bond donors (Lipinski definition) is 3. The number of primary amides is 1. The maximum absolute atomic E-state index is 12.0. The molecule has 148 valence electrons. The zero-order valence-electron chi connectivity index (χ0n) is 15.6. The molecule has 0 saturated heterocycles. The Morgan fingerprint density at radius 3 is 1.46 bits per heavy atom. The standard InChI is InChI=1S/C18H39N3O.2ClH/c1-2-3-4-5-6-7-8-9-12-18(17(21)22,13-10-15-19)14-11-16-20;;/h2-16,19-20H2,1H3,(H2,21,22);2*1H. The molecule has 0 radical (unpaired) electrons. The summed E-state index contributed by atoms with van der Waals surface area (Å²) in [5.74, 6) is -0.155. The van der Waals surface area contributed by atoms with Crippen LogP contribution in [0.3, 0.4) is 0 Å². The van der Waals surface area contributed by atoms with E-state index in [1.165, 1.54) is 44.9 Å². The zero-order valence-corrected chi connectivity index (χ0v) is 17.2. The Kier molecular flexibility index (Phi) is 23.1. The number of carbonyl (C=O) groups excluding carboxylic acids is 1. The normalized spacial score (nSPS) is 10.8. The van der Waals surface area contributed by atoms with Crippen molar-refractivity contribution in [2.24, 2.45) is 22.6 Å². The van der Waals surface area contributed by atoms with Gasteiger partial charge >= 0.3 is 0 Å². The fourth-order valence-corrected chi connectivity index (χ4v) is 3.22. The summed E-state index contributed by atoms with van der Waals surface area (Å²) in [6.07, 6.45) is 14.5. The van der Waals surface area contributed by atoms with Crippen molar-refractivity contribution in [3.63, 3.8) is 0 Å². The second-order valence-electron chi connectivity index (χ2n) is 6.65. The topological polar surface area (TPSA) is 95.1 Å². The van der Waals surface area contributed by atoms with Crippen LogP contribution in [0, 0.1) is 5.41 Å². The van der Waals surface area contributed by atoms with Gasteiger partial charge in [-0.3, -0.25) is 4.79 Å². The summed E-state index contributed by atoms with van der Waals surface area (Å²) in [6.45, 7) is 3.48. The highest BCUT2D eigenvalue weighted by Gasteiger charge is 2.34. The number of nitrogens with two attached hydrogens (primary N) is 3. The number of halogens is 2. The predicted octanol–water partition coefficient (Wildman–Crippen LogP) is 4.31. The van der Waals surface area contributed by atoms with Crippen molar-refractivity contribution in [2.75, 3.05) is 13.1 Å². The molecular weight excluding hydrogens is 345 g/mol. The van der Waals surface area contributed by atoms with Crippen LogP contribution in [0.15, 0.2) is 0 Å². The van der Waals surface area contributed by atoms with Gasteiger partial charge in [-0.15, -0.1) is 24.8 Å². The summed E-state index contributed by atoms with van der Waals surface area (Å²) in [6, 6.07) is 0. The van der Waals surface area contributed by atoms with E-state index in [1.807, 2.05) is 0 Å². The van der Waals surface area contributed by atoms with Gasteiger partial charge in [0.15, 0.2) is 0 Å². The molecule has 0 bridgehead atoms. The van der Waals surface area contributed by atoms with E-state index in [4.69, 9.17) is 17.2 Å². The molecule has 0 saturated carbocycles. The maximum atomic E-state index is 12.0. The molecule has 0 spiro atoms. The van der Waals surface area contributed by atoms with E-state index in [0.29, 0.717) is 13.1 Å². The summed E-state index contributed by atoms with van der Waals surface area (Å²) in [5.41, 5.74) is 16.6.